The van der Waals surface area contributed by atoms with E-state index in [0.717, 1.165) is 19.0 Å². The molecule has 1 aromatic heterocycles. The van der Waals surface area contributed by atoms with Crippen molar-refractivity contribution < 1.29 is 4.74 Å². The van der Waals surface area contributed by atoms with E-state index in [1.165, 1.54) is 47.7 Å². The number of nitrogens with one attached hydrogen (secondary N) is 1. The molecular formula is C15H24N2OS. The van der Waals surface area contributed by atoms with Gasteiger partial charge in [0.2, 0.25) is 0 Å². The van der Waals surface area contributed by atoms with Gasteiger partial charge in [0, 0.05) is 36.9 Å². The van der Waals surface area contributed by atoms with E-state index in [1.54, 1.807) is 7.11 Å². The SMILES string of the molecule is COC(C)Cc1nc2c(s1)CCCC2CNC1CC1. The number of thiazole rings is 1. The maximum Gasteiger partial charge on any atom is 0.0956 e. The van der Waals surface area contributed by atoms with Crippen LogP contribution in [0.2, 0.25) is 0 Å². The lowest BCUT2D eigenvalue weighted by Gasteiger charge is -2.21. The quantitative estimate of drug-likeness (QED) is 0.870. The summed E-state index contributed by atoms with van der Waals surface area (Å²) in [6, 6.07) is 0.803. The fourth-order valence-corrected chi connectivity index (χ4v) is 4.08. The molecule has 1 N–H and O–H groups in total. The first-order chi connectivity index (χ1) is 9.26. The Morgan fingerprint density at radius 3 is 3.00 bits per heavy atom. The van der Waals surface area contributed by atoms with Crippen LogP contribution in [-0.4, -0.2) is 30.8 Å². The zero-order chi connectivity index (χ0) is 13.2. The van der Waals surface area contributed by atoms with Crippen LogP contribution in [0.3, 0.4) is 0 Å². The van der Waals surface area contributed by atoms with Gasteiger partial charge in [0.05, 0.1) is 16.8 Å². The highest BCUT2D eigenvalue weighted by Crippen LogP contribution is 2.35. The molecule has 1 aromatic rings. The second-order valence-electron chi connectivity index (χ2n) is 5.94. The Morgan fingerprint density at radius 2 is 2.26 bits per heavy atom. The summed E-state index contributed by atoms with van der Waals surface area (Å²) in [5.41, 5.74) is 1.39. The third-order valence-electron chi connectivity index (χ3n) is 4.21. The Balaban J connectivity index is 1.67. The van der Waals surface area contributed by atoms with Crippen molar-refractivity contribution in [2.75, 3.05) is 13.7 Å². The normalized spacial score (nSPS) is 24.2. The van der Waals surface area contributed by atoms with Crippen LogP contribution in [0.25, 0.3) is 0 Å². The third-order valence-corrected chi connectivity index (χ3v) is 5.36. The molecule has 0 radical (unpaired) electrons. The summed E-state index contributed by atoms with van der Waals surface area (Å²) in [5.74, 6) is 0.646. The monoisotopic (exact) mass is 280 g/mol. The molecule has 2 aliphatic rings. The highest BCUT2D eigenvalue weighted by atomic mass is 32.1. The average molecular weight is 280 g/mol. The second kappa shape index (κ2) is 5.90. The van der Waals surface area contributed by atoms with Crippen LogP contribution in [0, 0.1) is 0 Å². The van der Waals surface area contributed by atoms with Crippen LogP contribution in [0.1, 0.15) is 54.1 Å². The Labute approximate surface area is 119 Å². The fraction of sp³-hybridized carbons (Fsp3) is 0.800. The zero-order valence-corrected chi connectivity index (χ0v) is 12.8. The van der Waals surface area contributed by atoms with E-state index in [9.17, 15) is 0 Å². The molecule has 0 spiro atoms. The predicted octanol–water partition coefficient (Wildman–Crippen LogP) is 2.89. The predicted molar refractivity (Wildman–Crippen MR) is 79.0 cm³/mol. The lowest BCUT2D eigenvalue weighted by Crippen LogP contribution is -2.25. The molecule has 2 aliphatic carbocycles. The number of methoxy groups -OCH3 is 1. The van der Waals surface area contributed by atoms with Crippen molar-refractivity contribution in [1.82, 2.24) is 10.3 Å². The molecule has 0 aliphatic heterocycles. The van der Waals surface area contributed by atoms with Crippen LogP contribution in [0.4, 0.5) is 0 Å². The van der Waals surface area contributed by atoms with Crippen molar-refractivity contribution in [3.63, 3.8) is 0 Å². The number of ether oxygens (including phenoxy) is 1. The van der Waals surface area contributed by atoms with E-state index in [4.69, 9.17) is 9.72 Å². The minimum Gasteiger partial charge on any atom is -0.381 e. The standard InChI is InChI=1S/C15H24N2OS/c1-10(18-2)8-14-17-15-11(9-16-12-6-7-12)4-3-5-13(15)19-14/h10-12,16H,3-9H2,1-2H3. The van der Waals surface area contributed by atoms with Crippen molar-refractivity contribution in [3.05, 3.63) is 15.6 Å². The van der Waals surface area contributed by atoms with Gasteiger partial charge in [-0.3, -0.25) is 0 Å². The van der Waals surface area contributed by atoms with Gasteiger partial charge in [-0.05, 0) is 39.0 Å². The molecule has 19 heavy (non-hydrogen) atoms. The summed E-state index contributed by atoms with van der Waals surface area (Å²) in [5, 5.41) is 4.93. The van der Waals surface area contributed by atoms with E-state index < -0.39 is 0 Å². The average Bonchev–Trinajstić information content (AvgIpc) is 3.15. The molecule has 0 saturated heterocycles. The molecule has 1 fully saturated rings. The first-order valence-corrected chi connectivity index (χ1v) is 8.32. The largest absolute Gasteiger partial charge is 0.381 e. The Kier molecular flexibility index (Phi) is 4.20. The van der Waals surface area contributed by atoms with Crippen LogP contribution in [0.5, 0.6) is 0 Å². The van der Waals surface area contributed by atoms with Crippen molar-refractivity contribution >= 4 is 11.3 Å². The van der Waals surface area contributed by atoms with Crippen LogP contribution in [-0.2, 0) is 17.6 Å². The molecule has 2 atom stereocenters. The van der Waals surface area contributed by atoms with Gasteiger partial charge in [-0.25, -0.2) is 4.98 Å². The van der Waals surface area contributed by atoms with Gasteiger partial charge in [0.1, 0.15) is 0 Å². The van der Waals surface area contributed by atoms with Crippen molar-refractivity contribution in [1.29, 1.82) is 0 Å². The van der Waals surface area contributed by atoms with Crippen molar-refractivity contribution in [3.8, 4) is 0 Å². The number of rotatable bonds is 6. The van der Waals surface area contributed by atoms with E-state index >= 15 is 0 Å². The van der Waals surface area contributed by atoms with Gasteiger partial charge in [-0.1, -0.05) is 0 Å². The molecule has 3 nitrogen and oxygen atoms in total. The van der Waals surface area contributed by atoms with E-state index in [0.29, 0.717) is 5.92 Å². The number of nitrogens with zero attached hydrogens (tertiary/aromatic N) is 1. The van der Waals surface area contributed by atoms with Gasteiger partial charge < -0.3 is 10.1 Å². The number of aryl methyl sites for hydroxylation is 1. The molecule has 1 heterocycles. The third kappa shape index (κ3) is 3.36. The summed E-state index contributed by atoms with van der Waals surface area (Å²) in [7, 11) is 1.78. The summed E-state index contributed by atoms with van der Waals surface area (Å²) < 4.78 is 5.35. The van der Waals surface area contributed by atoms with Gasteiger partial charge in [0.15, 0.2) is 0 Å². The zero-order valence-electron chi connectivity index (χ0n) is 11.9. The lowest BCUT2D eigenvalue weighted by molar-refractivity contribution is 0.118. The highest BCUT2D eigenvalue weighted by Gasteiger charge is 2.27. The van der Waals surface area contributed by atoms with Crippen molar-refractivity contribution in [2.24, 2.45) is 0 Å². The summed E-state index contributed by atoms with van der Waals surface area (Å²) in [6.45, 7) is 3.24. The highest BCUT2D eigenvalue weighted by molar-refractivity contribution is 7.11. The molecular weight excluding hydrogens is 256 g/mol. The first-order valence-electron chi connectivity index (χ1n) is 7.51. The Bertz CT molecular complexity index is 428. The van der Waals surface area contributed by atoms with E-state index in [1.807, 2.05) is 11.3 Å². The van der Waals surface area contributed by atoms with Gasteiger partial charge >= 0.3 is 0 Å². The van der Waals surface area contributed by atoms with Gasteiger partial charge in [-0.15, -0.1) is 11.3 Å². The minimum atomic E-state index is 0.274. The molecule has 0 amide bonds. The molecule has 0 bridgehead atoms. The van der Waals surface area contributed by atoms with Crippen LogP contribution in [0.15, 0.2) is 0 Å². The van der Waals surface area contributed by atoms with Crippen LogP contribution < -0.4 is 5.32 Å². The van der Waals surface area contributed by atoms with Crippen molar-refractivity contribution in [2.45, 2.75) is 63.5 Å². The summed E-state index contributed by atoms with van der Waals surface area (Å²) in [6.07, 6.45) is 7.82. The number of hydrogen-bond donors (Lipinski definition) is 1. The number of hydrogen-bond acceptors (Lipinski definition) is 4. The lowest BCUT2D eigenvalue weighted by atomic mass is 9.91. The number of fused-ring (bicyclic) bond motifs is 1. The maximum absolute atomic E-state index is 5.35. The maximum atomic E-state index is 5.35. The number of aromatic nitrogens is 1. The minimum absolute atomic E-state index is 0.274. The molecule has 0 aromatic carbocycles. The van der Waals surface area contributed by atoms with E-state index in [-0.39, 0.29) is 6.10 Å². The van der Waals surface area contributed by atoms with Gasteiger partial charge in [0.25, 0.3) is 0 Å². The first kappa shape index (κ1) is 13.5. The Morgan fingerprint density at radius 1 is 1.42 bits per heavy atom. The van der Waals surface area contributed by atoms with Gasteiger partial charge in [-0.2, -0.15) is 0 Å². The fourth-order valence-electron chi connectivity index (χ4n) is 2.77. The summed E-state index contributed by atoms with van der Waals surface area (Å²) in [4.78, 5) is 6.45. The molecule has 2 unspecified atom stereocenters. The van der Waals surface area contributed by atoms with Crippen LogP contribution >= 0.6 is 11.3 Å². The summed E-state index contributed by atoms with van der Waals surface area (Å²) >= 11 is 1.91. The Hall–Kier alpha value is -0.450. The molecule has 1 saturated carbocycles. The van der Waals surface area contributed by atoms with E-state index in [2.05, 4.69) is 12.2 Å². The smallest absolute Gasteiger partial charge is 0.0956 e. The molecule has 4 heteroatoms. The topological polar surface area (TPSA) is 34.1 Å². The molecule has 3 rings (SSSR count). The molecule has 106 valence electrons. The second-order valence-corrected chi connectivity index (χ2v) is 7.11.